The van der Waals surface area contributed by atoms with Crippen LogP contribution in [0.1, 0.15) is 0 Å². The molecule has 0 spiro atoms. The van der Waals surface area contributed by atoms with Gasteiger partial charge in [-0.25, -0.2) is 8.42 Å². The van der Waals surface area contributed by atoms with E-state index in [1.165, 1.54) is 6.07 Å². The molecule has 0 saturated heterocycles. The molecule has 0 aliphatic rings. The van der Waals surface area contributed by atoms with Gasteiger partial charge in [-0.3, -0.25) is 4.79 Å². The predicted molar refractivity (Wildman–Crippen MR) is 45.6 cm³/mol. The van der Waals surface area contributed by atoms with Crippen molar-refractivity contribution in [3.8, 4) is 0 Å². The first-order valence-electron chi connectivity index (χ1n) is 3.07. The van der Waals surface area contributed by atoms with Crippen LogP contribution in [0.2, 0.25) is 0 Å². The Morgan fingerprint density at radius 3 is 2.67 bits per heavy atom. The quantitative estimate of drug-likeness (QED) is 0.755. The van der Waals surface area contributed by atoms with Crippen molar-refractivity contribution in [2.75, 3.05) is 5.75 Å². The first-order chi connectivity index (χ1) is 5.52. The lowest BCUT2D eigenvalue weighted by Gasteiger charge is -1.95. The lowest BCUT2D eigenvalue weighted by molar-refractivity contribution is -0.115. The molecule has 0 saturated carbocycles. The zero-order valence-electron chi connectivity index (χ0n) is 6.06. The lowest BCUT2D eigenvalue weighted by Crippen LogP contribution is -2.22. The van der Waals surface area contributed by atoms with Crippen LogP contribution in [0.25, 0.3) is 0 Å². The number of amides is 1. The number of carbonyl (C=O) groups excluding carboxylic acids is 1. The van der Waals surface area contributed by atoms with E-state index >= 15 is 0 Å². The van der Waals surface area contributed by atoms with Gasteiger partial charge in [0, 0.05) is 0 Å². The second kappa shape index (κ2) is 3.24. The summed E-state index contributed by atoms with van der Waals surface area (Å²) >= 11 is 1.08. The Balaban J connectivity index is 2.96. The molecule has 12 heavy (non-hydrogen) atoms. The molecule has 0 radical (unpaired) electrons. The number of hydrogen-bond donors (Lipinski definition) is 1. The maximum absolute atomic E-state index is 11.2. The first kappa shape index (κ1) is 9.21. The van der Waals surface area contributed by atoms with Gasteiger partial charge in [0.25, 0.3) is 0 Å². The summed E-state index contributed by atoms with van der Waals surface area (Å²) in [6.07, 6.45) is 0. The molecule has 0 bridgehead atoms. The Morgan fingerprint density at radius 1 is 1.58 bits per heavy atom. The van der Waals surface area contributed by atoms with Gasteiger partial charge in [-0.15, -0.1) is 11.3 Å². The Hall–Kier alpha value is -0.880. The van der Waals surface area contributed by atoms with E-state index in [2.05, 4.69) is 0 Å². The molecule has 6 heteroatoms. The minimum absolute atomic E-state index is 0.182. The summed E-state index contributed by atoms with van der Waals surface area (Å²) in [6, 6.07) is 3.06. The van der Waals surface area contributed by atoms with Crippen molar-refractivity contribution < 1.29 is 13.2 Å². The highest BCUT2D eigenvalue weighted by Crippen LogP contribution is 2.16. The van der Waals surface area contributed by atoms with E-state index in [0.29, 0.717) is 0 Å². The van der Waals surface area contributed by atoms with Crippen LogP contribution in [0.4, 0.5) is 0 Å². The van der Waals surface area contributed by atoms with Crippen LogP contribution in [0.3, 0.4) is 0 Å². The Bertz CT molecular complexity index is 366. The summed E-state index contributed by atoms with van der Waals surface area (Å²) in [5.74, 6) is -1.45. The minimum Gasteiger partial charge on any atom is -0.369 e. The third kappa shape index (κ3) is 2.05. The second-order valence-electron chi connectivity index (χ2n) is 2.16. The number of nitrogens with two attached hydrogens (primary N) is 1. The van der Waals surface area contributed by atoms with Gasteiger partial charge in [0.05, 0.1) is 0 Å². The van der Waals surface area contributed by atoms with Crippen LogP contribution in [0, 0.1) is 0 Å². The SMILES string of the molecule is NC(=O)CS(=O)(=O)c1cccs1. The average Bonchev–Trinajstić information content (AvgIpc) is 2.32. The lowest BCUT2D eigenvalue weighted by atomic mass is 10.7. The van der Waals surface area contributed by atoms with Gasteiger partial charge in [0.15, 0.2) is 9.84 Å². The monoisotopic (exact) mass is 205 g/mol. The van der Waals surface area contributed by atoms with Gasteiger partial charge in [0.2, 0.25) is 5.91 Å². The van der Waals surface area contributed by atoms with Crippen molar-refractivity contribution in [1.82, 2.24) is 0 Å². The third-order valence-corrected chi connectivity index (χ3v) is 4.26. The predicted octanol–water partition coefficient (Wildman–Crippen LogP) is 0.00710. The molecular formula is C6H7NO3S2. The maximum atomic E-state index is 11.2. The highest BCUT2D eigenvalue weighted by atomic mass is 32.2. The van der Waals surface area contributed by atoms with Crippen LogP contribution in [-0.4, -0.2) is 20.1 Å². The van der Waals surface area contributed by atoms with Crippen LogP contribution in [0.15, 0.2) is 21.7 Å². The third-order valence-electron chi connectivity index (χ3n) is 1.13. The van der Waals surface area contributed by atoms with Gasteiger partial charge in [-0.2, -0.15) is 0 Å². The highest BCUT2D eigenvalue weighted by molar-refractivity contribution is 7.94. The molecule has 4 nitrogen and oxygen atoms in total. The first-order valence-corrected chi connectivity index (χ1v) is 5.60. The molecule has 2 N–H and O–H groups in total. The molecule has 1 aromatic heterocycles. The van der Waals surface area contributed by atoms with E-state index in [-0.39, 0.29) is 4.21 Å². The van der Waals surface area contributed by atoms with Crippen molar-refractivity contribution in [1.29, 1.82) is 0 Å². The van der Waals surface area contributed by atoms with E-state index in [4.69, 9.17) is 5.73 Å². The molecule has 0 aliphatic heterocycles. The summed E-state index contributed by atoms with van der Waals surface area (Å²) in [6.45, 7) is 0. The smallest absolute Gasteiger partial charge is 0.233 e. The maximum Gasteiger partial charge on any atom is 0.233 e. The van der Waals surface area contributed by atoms with Crippen LogP contribution >= 0.6 is 11.3 Å². The standard InChI is InChI=1S/C6H7NO3S2/c7-5(8)4-12(9,10)6-2-1-3-11-6/h1-3H,4H2,(H2,7,8). The van der Waals surface area contributed by atoms with E-state index in [0.717, 1.165) is 11.3 Å². The molecular weight excluding hydrogens is 198 g/mol. The van der Waals surface area contributed by atoms with Crippen molar-refractivity contribution in [3.63, 3.8) is 0 Å². The molecule has 0 aromatic carbocycles. The zero-order chi connectivity index (χ0) is 9.19. The van der Waals surface area contributed by atoms with Crippen LogP contribution in [0.5, 0.6) is 0 Å². The number of sulfone groups is 1. The van der Waals surface area contributed by atoms with E-state index in [1.54, 1.807) is 11.4 Å². The zero-order valence-corrected chi connectivity index (χ0v) is 7.69. The van der Waals surface area contributed by atoms with Gasteiger partial charge in [-0.05, 0) is 11.4 Å². The fraction of sp³-hybridized carbons (Fsp3) is 0.167. The summed E-state index contributed by atoms with van der Waals surface area (Å²) in [5.41, 5.74) is 4.77. The van der Waals surface area contributed by atoms with E-state index in [1.807, 2.05) is 0 Å². The number of rotatable bonds is 3. The number of hydrogen-bond acceptors (Lipinski definition) is 4. The molecule has 0 unspecified atom stereocenters. The van der Waals surface area contributed by atoms with Crippen molar-refractivity contribution in [2.24, 2.45) is 5.73 Å². The largest absolute Gasteiger partial charge is 0.369 e. The molecule has 1 amide bonds. The number of carbonyl (C=O) groups is 1. The Kier molecular flexibility index (Phi) is 2.49. The van der Waals surface area contributed by atoms with Gasteiger partial charge < -0.3 is 5.73 Å². The molecule has 0 atom stereocenters. The summed E-state index contributed by atoms with van der Waals surface area (Å²) < 4.78 is 22.6. The fourth-order valence-electron chi connectivity index (χ4n) is 0.699. The molecule has 0 fully saturated rings. The van der Waals surface area contributed by atoms with Crippen molar-refractivity contribution >= 4 is 27.1 Å². The van der Waals surface area contributed by atoms with E-state index in [9.17, 15) is 13.2 Å². The highest BCUT2D eigenvalue weighted by Gasteiger charge is 2.17. The van der Waals surface area contributed by atoms with Crippen molar-refractivity contribution in [3.05, 3.63) is 17.5 Å². The summed E-state index contributed by atoms with van der Waals surface area (Å²) in [4.78, 5) is 10.4. The van der Waals surface area contributed by atoms with Gasteiger partial charge in [0.1, 0.15) is 9.96 Å². The van der Waals surface area contributed by atoms with Gasteiger partial charge in [-0.1, -0.05) is 6.07 Å². The molecule has 1 aromatic rings. The fourth-order valence-corrected chi connectivity index (χ4v) is 2.88. The Morgan fingerprint density at radius 2 is 2.25 bits per heavy atom. The molecule has 1 heterocycles. The van der Waals surface area contributed by atoms with Crippen LogP contribution < -0.4 is 5.73 Å². The summed E-state index contributed by atoms with van der Waals surface area (Å²) in [5, 5.41) is 1.63. The normalized spacial score (nSPS) is 11.3. The van der Waals surface area contributed by atoms with Crippen LogP contribution in [-0.2, 0) is 14.6 Å². The van der Waals surface area contributed by atoms with E-state index < -0.39 is 21.5 Å². The molecule has 66 valence electrons. The number of primary amides is 1. The second-order valence-corrected chi connectivity index (χ2v) is 5.32. The Labute approximate surface area is 73.9 Å². The van der Waals surface area contributed by atoms with Crippen molar-refractivity contribution in [2.45, 2.75) is 4.21 Å². The summed E-state index contributed by atoms with van der Waals surface area (Å²) in [7, 11) is -3.47. The topological polar surface area (TPSA) is 77.2 Å². The number of thiophene rings is 1. The molecule has 1 rings (SSSR count). The average molecular weight is 205 g/mol. The van der Waals surface area contributed by atoms with Gasteiger partial charge >= 0.3 is 0 Å². The molecule has 0 aliphatic carbocycles. The minimum atomic E-state index is -3.47.